The molecule has 66 valence electrons. The summed E-state index contributed by atoms with van der Waals surface area (Å²) in [6.07, 6.45) is 5.64. The fourth-order valence-corrected chi connectivity index (χ4v) is 1.26. The standard InChI is InChI=1S/C9H8N2O2/c12-9(13)8-2-1-6-5-10-4-3-7(6)11-8/h2-5,11H,1H2,(H,12,13). The molecular weight excluding hydrogens is 168 g/mol. The van der Waals surface area contributed by atoms with Gasteiger partial charge >= 0.3 is 5.97 Å². The third-order valence-corrected chi connectivity index (χ3v) is 1.93. The minimum atomic E-state index is -0.928. The molecule has 1 aliphatic heterocycles. The number of aromatic nitrogens is 1. The lowest BCUT2D eigenvalue weighted by atomic mass is 10.1. The van der Waals surface area contributed by atoms with Crippen molar-refractivity contribution >= 4 is 11.7 Å². The Kier molecular flexibility index (Phi) is 1.73. The maximum atomic E-state index is 10.6. The highest BCUT2D eigenvalue weighted by Gasteiger charge is 2.14. The van der Waals surface area contributed by atoms with Gasteiger partial charge in [-0.1, -0.05) is 0 Å². The molecule has 0 fully saturated rings. The highest BCUT2D eigenvalue weighted by atomic mass is 16.4. The van der Waals surface area contributed by atoms with Crippen molar-refractivity contribution in [1.82, 2.24) is 4.98 Å². The summed E-state index contributed by atoms with van der Waals surface area (Å²) < 4.78 is 0. The van der Waals surface area contributed by atoms with Gasteiger partial charge in [0.1, 0.15) is 5.70 Å². The highest BCUT2D eigenvalue weighted by molar-refractivity contribution is 5.91. The van der Waals surface area contributed by atoms with Gasteiger partial charge in [0.05, 0.1) is 0 Å². The lowest BCUT2D eigenvalue weighted by Crippen LogP contribution is -2.15. The number of hydrogen-bond donors (Lipinski definition) is 2. The van der Waals surface area contributed by atoms with Gasteiger partial charge in [0.25, 0.3) is 0 Å². The molecule has 0 aliphatic carbocycles. The van der Waals surface area contributed by atoms with Gasteiger partial charge in [-0.05, 0) is 24.1 Å². The van der Waals surface area contributed by atoms with Crippen molar-refractivity contribution in [3.63, 3.8) is 0 Å². The van der Waals surface area contributed by atoms with Gasteiger partial charge < -0.3 is 10.4 Å². The monoisotopic (exact) mass is 176 g/mol. The van der Waals surface area contributed by atoms with Crippen molar-refractivity contribution in [1.29, 1.82) is 0 Å². The molecule has 0 aromatic carbocycles. The molecular formula is C9H8N2O2. The number of pyridine rings is 1. The second-order valence-electron chi connectivity index (χ2n) is 2.78. The van der Waals surface area contributed by atoms with Crippen LogP contribution < -0.4 is 5.32 Å². The van der Waals surface area contributed by atoms with Crippen LogP contribution in [0.3, 0.4) is 0 Å². The number of anilines is 1. The molecule has 0 saturated heterocycles. The average molecular weight is 176 g/mol. The zero-order valence-corrected chi connectivity index (χ0v) is 6.82. The Morgan fingerprint density at radius 3 is 3.23 bits per heavy atom. The largest absolute Gasteiger partial charge is 0.477 e. The van der Waals surface area contributed by atoms with E-state index >= 15 is 0 Å². The number of hydrogen-bond acceptors (Lipinski definition) is 3. The Hall–Kier alpha value is -1.84. The van der Waals surface area contributed by atoms with Crippen molar-refractivity contribution < 1.29 is 9.90 Å². The van der Waals surface area contributed by atoms with Crippen LogP contribution in [0.25, 0.3) is 0 Å². The van der Waals surface area contributed by atoms with E-state index in [1.807, 2.05) is 0 Å². The Morgan fingerprint density at radius 1 is 1.62 bits per heavy atom. The summed E-state index contributed by atoms with van der Waals surface area (Å²) in [5.41, 5.74) is 2.08. The fraction of sp³-hybridized carbons (Fsp3) is 0.111. The van der Waals surface area contributed by atoms with Gasteiger partial charge in [-0.25, -0.2) is 4.79 Å². The van der Waals surface area contributed by atoms with E-state index in [0.29, 0.717) is 6.42 Å². The van der Waals surface area contributed by atoms with Crippen LogP contribution >= 0.6 is 0 Å². The van der Waals surface area contributed by atoms with E-state index in [-0.39, 0.29) is 5.70 Å². The second kappa shape index (κ2) is 2.90. The van der Waals surface area contributed by atoms with Crippen LogP contribution in [0.4, 0.5) is 5.69 Å². The summed E-state index contributed by atoms with van der Waals surface area (Å²) in [6.45, 7) is 0. The normalized spacial score (nSPS) is 14.0. The molecule has 0 spiro atoms. The fourth-order valence-electron chi connectivity index (χ4n) is 1.26. The van der Waals surface area contributed by atoms with Crippen LogP contribution in [0, 0.1) is 0 Å². The first-order valence-electron chi connectivity index (χ1n) is 3.91. The third-order valence-electron chi connectivity index (χ3n) is 1.93. The van der Waals surface area contributed by atoms with E-state index in [1.165, 1.54) is 0 Å². The molecule has 1 aromatic rings. The molecule has 2 N–H and O–H groups in total. The molecule has 4 nitrogen and oxygen atoms in total. The Morgan fingerprint density at radius 2 is 2.46 bits per heavy atom. The van der Waals surface area contributed by atoms with E-state index in [2.05, 4.69) is 10.3 Å². The quantitative estimate of drug-likeness (QED) is 0.670. The lowest BCUT2D eigenvalue weighted by molar-refractivity contribution is -0.132. The van der Waals surface area contributed by atoms with Crippen LogP contribution in [-0.4, -0.2) is 16.1 Å². The van der Waals surface area contributed by atoms with Crippen LogP contribution in [-0.2, 0) is 11.2 Å². The molecule has 2 heterocycles. The van der Waals surface area contributed by atoms with E-state index in [1.54, 1.807) is 24.5 Å². The van der Waals surface area contributed by atoms with Crippen molar-refractivity contribution in [3.05, 3.63) is 35.8 Å². The van der Waals surface area contributed by atoms with Crippen molar-refractivity contribution in [2.75, 3.05) is 5.32 Å². The number of aliphatic carboxylic acids is 1. The van der Waals surface area contributed by atoms with Crippen LogP contribution in [0.15, 0.2) is 30.2 Å². The topological polar surface area (TPSA) is 62.2 Å². The molecule has 0 radical (unpaired) electrons. The van der Waals surface area contributed by atoms with Gasteiger partial charge in [-0.3, -0.25) is 4.98 Å². The van der Waals surface area contributed by atoms with Crippen LogP contribution in [0.2, 0.25) is 0 Å². The number of carboxylic acid groups (broad SMARTS) is 1. The summed E-state index contributed by atoms with van der Waals surface area (Å²) in [6, 6.07) is 1.77. The maximum absolute atomic E-state index is 10.6. The third kappa shape index (κ3) is 1.38. The van der Waals surface area contributed by atoms with Crippen LogP contribution in [0.1, 0.15) is 5.56 Å². The van der Waals surface area contributed by atoms with Gasteiger partial charge in [-0.15, -0.1) is 0 Å². The number of carbonyl (C=O) groups is 1. The predicted molar refractivity (Wildman–Crippen MR) is 47.3 cm³/mol. The number of fused-ring (bicyclic) bond motifs is 1. The van der Waals surface area contributed by atoms with Gasteiger partial charge in [0, 0.05) is 18.1 Å². The number of carboxylic acids is 1. The number of rotatable bonds is 1. The second-order valence-corrected chi connectivity index (χ2v) is 2.78. The minimum Gasteiger partial charge on any atom is -0.477 e. The lowest BCUT2D eigenvalue weighted by Gasteiger charge is -2.15. The summed E-state index contributed by atoms with van der Waals surface area (Å²) in [7, 11) is 0. The van der Waals surface area contributed by atoms with Gasteiger partial charge in [0.15, 0.2) is 0 Å². The first-order valence-corrected chi connectivity index (χ1v) is 3.91. The molecule has 0 unspecified atom stereocenters. The summed E-state index contributed by atoms with van der Waals surface area (Å²) in [4.78, 5) is 14.6. The van der Waals surface area contributed by atoms with Crippen LogP contribution in [0.5, 0.6) is 0 Å². The Labute approximate surface area is 74.9 Å². The highest BCUT2D eigenvalue weighted by Crippen LogP contribution is 2.21. The molecule has 4 heteroatoms. The first-order chi connectivity index (χ1) is 6.27. The van der Waals surface area contributed by atoms with Crippen molar-refractivity contribution in [2.45, 2.75) is 6.42 Å². The van der Waals surface area contributed by atoms with E-state index in [0.717, 1.165) is 11.3 Å². The van der Waals surface area contributed by atoms with Crippen molar-refractivity contribution in [3.8, 4) is 0 Å². The molecule has 13 heavy (non-hydrogen) atoms. The molecule has 0 amide bonds. The molecule has 1 aromatic heterocycles. The van der Waals surface area contributed by atoms with E-state index in [4.69, 9.17) is 5.11 Å². The van der Waals surface area contributed by atoms with E-state index in [9.17, 15) is 4.79 Å². The zero-order chi connectivity index (χ0) is 9.26. The van der Waals surface area contributed by atoms with Gasteiger partial charge in [-0.2, -0.15) is 0 Å². The van der Waals surface area contributed by atoms with Crippen molar-refractivity contribution in [2.24, 2.45) is 0 Å². The predicted octanol–water partition coefficient (Wildman–Crippen LogP) is 1.02. The smallest absolute Gasteiger partial charge is 0.351 e. The summed E-state index contributed by atoms with van der Waals surface area (Å²) >= 11 is 0. The van der Waals surface area contributed by atoms with E-state index < -0.39 is 5.97 Å². The average Bonchev–Trinajstić information content (AvgIpc) is 2.17. The number of nitrogens with one attached hydrogen (secondary N) is 1. The molecule has 0 atom stereocenters. The Balaban J connectivity index is 2.33. The Bertz CT molecular complexity index is 385. The first kappa shape index (κ1) is 7.79. The minimum absolute atomic E-state index is 0.235. The molecule has 0 bridgehead atoms. The molecule has 2 rings (SSSR count). The maximum Gasteiger partial charge on any atom is 0.351 e. The SMILES string of the molecule is O=C(O)C1=CCc2cnccc2N1. The zero-order valence-electron chi connectivity index (χ0n) is 6.82. The molecule has 0 saturated carbocycles. The number of nitrogens with zero attached hydrogens (tertiary/aromatic N) is 1. The number of allylic oxidation sites excluding steroid dienone is 1. The van der Waals surface area contributed by atoms with Gasteiger partial charge in [0.2, 0.25) is 0 Å². The summed E-state index contributed by atoms with van der Waals surface area (Å²) in [5.74, 6) is -0.928. The summed E-state index contributed by atoms with van der Waals surface area (Å²) in [5, 5.41) is 11.5. The molecule has 1 aliphatic rings.